The summed E-state index contributed by atoms with van der Waals surface area (Å²) >= 11 is 0.943. The molecule has 1 N–H and O–H groups in total. The standard InChI is InChI=1S/C11H11N3O2S/c1-7-9(17-11(16)14(7)2)10(15)13-8-4-3-5-12-6-8/h3-6H,1-2H3,(H,13,15). The number of nitrogens with one attached hydrogen (secondary N) is 1. The van der Waals surface area contributed by atoms with E-state index in [1.165, 1.54) is 4.57 Å². The zero-order valence-electron chi connectivity index (χ0n) is 9.43. The van der Waals surface area contributed by atoms with Gasteiger partial charge < -0.3 is 9.88 Å². The number of carbonyl (C=O) groups is 1. The Morgan fingerprint density at radius 1 is 1.53 bits per heavy atom. The molecule has 5 nitrogen and oxygen atoms in total. The highest BCUT2D eigenvalue weighted by Gasteiger charge is 2.15. The van der Waals surface area contributed by atoms with E-state index >= 15 is 0 Å². The molecule has 0 fully saturated rings. The lowest BCUT2D eigenvalue weighted by atomic mass is 10.3. The maximum atomic E-state index is 11.9. The average molecular weight is 249 g/mol. The molecule has 0 saturated carbocycles. The van der Waals surface area contributed by atoms with Crippen molar-refractivity contribution < 1.29 is 4.79 Å². The summed E-state index contributed by atoms with van der Waals surface area (Å²) in [6, 6.07) is 3.47. The Balaban J connectivity index is 2.27. The Hall–Kier alpha value is -1.95. The van der Waals surface area contributed by atoms with Crippen molar-refractivity contribution in [3.05, 3.63) is 44.8 Å². The van der Waals surface area contributed by atoms with Crippen molar-refractivity contribution in [2.75, 3.05) is 5.32 Å². The van der Waals surface area contributed by atoms with Crippen LogP contribution in [-0.4, -0.2) is 15.5 Å². The zero-order chi connectivity index (χ0) is 12.4. The number of carbonyl (C=O) groups excluding carboxylic acids is 1. The van der Waals surface area contributed by atoms with Crippen molar-refractivity contribution in [2.45, 2.75) is 6.92 Å². The first-order valence-corrected chi connectivity index (χ1v) is 5.79. The fraction of sp³-hybridized carbons (Fsp3) is 0.182. The molecule has 0 unspecified atom stereocenters. The van der Waals surface area contributed by atoms with Crippen molar-refractivity contribution in [3.63, 3.8) is 0 Å². The summed E-state index contributed by atoms with van der Waals surface area (Å²) in [5.41, 5.74) is 1.28. The van der Waals surface area contributed by atoms with Crippen LogP contribution in [0, 0.1) is 6.92 Å². The topological polar surface area (TPSA) is 64.0 Å². The van der Waals surface area contributed by atoms with Crippen LogP contribution in [0.1, 0.15) is 15.4 Å². The smallest absolute Gasteiger partial charge is 0.307 e. The number of hydrogen-bond donors (Lipinski definition) is 1. The van der Waals surface area contributed by atoms with Crippen LogP contribution in [0.15, 0.2) is 29.3 Å². The summed E-state index contributed by atoms with van der Waals surface area (Å²) in [7, 11) is 1.65. The predicted molar refractivity (Wildman–Crippen MR) is 66.5 cm³/mol. The van der Waals surface area contributed by atoms with Gasteiger partial charge in [0.25, 0.3) is 5.91 Å². The molecule has 0 aliphatic carbocycles. The molecule has 1 amide bonds. The van der Waals surface area contributed by atoms with Gasteiger partial charge in [0, 0.05) is 18.9 Å². The molecule has 0 aromatic carbocycles. The molecule has 2 aromatic rings. The van der Waals surface area contributed by atoms with Crippen molar-refractivity contribution in [1.82, 2.24) is 9.55 Å². The molecule has 2 rings (SSSR count). The van der Waals surface area contributed by atoms with E-state index in [0.717, 1.165) is 11.3 Å². The number of nitrogens with zero attached hydrogens (tertiary/aromatic N) is 2. The van der Waals surface area contributed by atoms with Crippen LogP contribution in [0.2, 0.25) is 0 Å². The molecule has 88 valence electrons. The minimum Gasteiger partial charge on any atom is -0.320 e. The van der Waals surface area contributed by atoms with Crippen LogP contribution in [0.3, 0.4) is 0 Å². The number of aromatic nitrogens is 2. The van der Waals surface area contributed by atoms with E-state index < -0.39 is 0 Å². The lowest BCUT2D eigenvalue weighted by Gasteiger charge is -2.03. The van der Waals surface area contributed by atoms with E-state index in [1.54, 1.807) is 38.5 Å². The molecule has 0 saturated heterocycles. The fourth-order valence-corrected chi connectivity index (χ4v) is 2.23. The van der Waals surface area contributed by atoms with Gasteiger partial charge in [-0.2, -0.15) is 0 Å². The van der Waals surface area contributed by atoms with E-state index in [9.17, 15) is 9.59 Å². The third-order valence-electron chi connectivity index (χ3n) is 2.42. The van der Waals surface area contributed by atoms with Crippen molar-refractivity contribution in [2.24, 2.45) is 7.05 Å². The molecule has 17 heavy (non-hydrogen) atoms. The zero-order valence-corrected chi connectivity index (χ0v) is 10.2. The van der Waals surface area contributed by atoms with E-state index in [-0.39, 0.29) is 10.8 Å². The quantitative estimate of drug-likeness (QED) is 0.875. The summed E-state index contributed by atoms with van der Waals surface area (Å²) < 4.78 is 1.46. The third kappa shape index (κ3) is 2.26. The number of thiazole rings is 1. The van der Waals surface area contributed by atoms with Crippen LogP contribution in [0.4, 0.5) is 5.69 Å². The lowest BCUT2D eigenvalue weighted by Crippen LogP contribution is -2.12. The molecule has 0 bridgehead atoms. The second kappa shape index (κ2) is 4.50. The molecule has 0 atom stereocenters. The van der Waals surface area contributed by atoms with Crippen LogP contribution >= 0.6 is 11.3 Å². The number of anilines is 1. The Kier molecular flexibility index (Phi) is 3.06. The Bertz CT molecular complexity index is 601. The molecular formula is C11H11N3O2S. The molecular weight excluding hydrogens is 238 g/mol. The predicted octanol–water partition coefficient (Wildman–Crippen LogP) is 1.40. The summed E-state index contributed by atoms with van der Waals surface area (Å²) in [4.78, 5) is 27.5. The van der Waals surface area contributed by atoms with Gasteiger partial charge in [0.1, 0.15) is 4.88 Å². The molecule has 0 aliphatic heterocycles. The summed E-state index contributed by atoms with van der Waals surface area (Å²) in [5.74, 6) is -0.279. The van der Waals surface area contributed by atoms with E-state index in [2.05, 4.69) is 10.3 Å². The molecule has 6 heteroatoms. The lowest BCUT2D eigenvalue weighted by molar-refractivity contribution is 0.102. The van der Waals surface area contributed by atoms with Crippen LogP contribution in [0.25, 0.3) is 0 Å². The van der Waals surface area contributed by atoms with Crippen LogP contribution in [0.5, 0.6) is 0 Å². The highest BCUT2D eigenvalue weighted by Crippen LogP contribution is 2.13. The average Bonchev–Trinajstić information content (AvgIpc) is 2.58. The molecule has 2 aromatic heterocycles. The maximum Gasteiger partial charge on any atom is 0.307 e. The van der Waals surface area contributed by atoms with E-state index in [4.69, 9.17) is 0 Å². The molecule has 0 radical (unpaired) electrons. The summed E-state index contributed by atoms with van der Waals surface area (Å²) in [5, 5.41) is 2.70. The first-order chi connectivity index (χ1) is 8.09. The van der Waals surface area contributed by atoms with E-state index in [1.807, 2.05) is 0 Å². The fourth-order valence-electron chi connectivity index (χ4n) is 1.35. The van der Waals surface area contributed by atoms with E-state index in [0.29, 0.717) is 16.3 Å². The maximum absolute atomic E-state index is 11.9. The van der Waals surface area contributed by atoms with Crippen molar-refractivity contribution in [3.8, 4) is 0 Å². The second-order valence-electron chi connectivity index (χ2n) is 3.54. The number of hydrogen-bond acceptors (Lipinski definition) is 4. The highest BCUT2D eigenvalue weighted by molar-refractivity contribution is 7.11. The van der Waals surface area contributed by atoms with Crippen molar-refractivity contribution in [1.29, 1.82) is 0 Å². The van der Waals surface area contributed by atoms with Gasteiger partial charge in [0.15, 0.2) is 0 Å². The SMILES string of the molecule is Cc1c(C(=O)Nc2cccnc2)sc(=O)n1C. The number of rotatable bonds is 2. The third-order valence-corrected chi connectivity index (χ3v) is 3.55. The first-order valence-electron chi connectivity index (χ1n) is 4.97. The monoisotopic (exact) mass is 249 g/mol. The second-order valence-corrected chi connectivity index (χ2v) is 4.50. The Morgan fingerprint density at radius 3 is 2.82 bits per heavy atom. The summed E-state index contributed by atoms with van der Waals surface area (Å²) in [6.07, 6.45) is 3.18. The van der Waals surface area contributed by atoms with Gasteiger partial charge in [-0.3, -0.25) is 14.6 Å². The summed E-state index contributed by atoms with van der Waals surface area (Å²) in [6.45, 7) is 1.75. The molecule has 0 aliphatic rings. The molecule has 0 spiro atoms. The van der Waals surface area contributed by atoms with Gasteiger partial charge in [-0.15, -0.1) is 0 Å². The normalized spacial score (nSPS) is 10.2. The number of amides is 1. The van der Waals surface area contributed by atoms with Crippen LogP contribution in [-0.2, 0) is 7.05 Å². The van der Waals surface area contributed by atoms with Gasteiger partial charge in [-0.25, -0.2) is 0 Å². The van der Waals surface area contributed by atoms with Gasteiger partial charge >= 0.3 is 4.87 Å². The Morgan fingerprint density at radius 2 is 2.29 bits per heavy atom. The minimum atomic E-state index is -0.279. The molecule has 2 heterocycles. The van der Waals surface area contributed by atoms with Gasteiger partial charge in [-0.1, -0.05) is 11.3 Å². The first kappa shape index (κ1) is 11.5. The minimum absolute atomic E-state index is 0.140. The van der Waals surface area contributed by atoms with Gasteiger partial charge in [0.2, 0.25) is 0 Å². The van der Waals surface area contributed by atoms with Crippen LogP contribution < -0.4 is 10.2 Å². The largest absolute Gasteiger partial charge is 0.320 e. The van der Waals surface area contributed by atoms with Gasteiger partial charge in [0.05, 0.1) is 11.9 Å². The number of pyridine rings is 1. The highest BCUT2D eigenvalue weighted by atomic mass is 32.1. The van der Waals surface area contributed by atoms with Crippen molar-refractivity contribution >= 4 is 22.9 Å². The van der Waals surface area contributed by atoms with Gasteiger partial charge in [-0.05, 0) is 19.1 Å². The Labute approximate surface area is 102 Å².